The molecule has 28 heavy (non-hydrogen) atoms. The van der Waals surface area contributed by atoms with Crippen LogP contribution in [0.15, 0.2) is 24.3 Å². The Hall–Kier alpha value is -2.08. The lowest BCUT2D eigenvalue weighted by molar-refractivity contribution is -0.130. The van der Waals surface area contributed by atoms with Gasteiger partial charge in [0.25, 0.3) is 0 Å². The molecule has 0 radical (unpaired) electrons. The van der Waals surface area contributed by atoms with Crippen molar-refractivity contribution in [2.75, 3.05) is 20.2 Å². The van der Waals surface area contributed by atoms with Crippen LogP contribution in [0.4, 0.5) is 0 Å². The van der Waals surface area contributed by atoms with Gasteiger partial charge in [0.05, 0.1) is 7.11 Å². The largest absolute Gasteiger partial charge is 0.496 e. The first-order valence-electron chi connectivity index (χ1n) is 10.5. The minimum atomic E-state index is -0.383. The van der Waals surface area contributed by atoms with E-state index in [0.29, 0.717) is 0 Å². The Labute approximate surface area is 168 Å². The van der Waals surface area contributed by atoms with E-state index in [1.807, 2.05) is 18.2 Å². The Kier molecular flexibility index (Phi) is 7.31. The topological polar surface area (TPSA) is 70.7 Å². The summed E-state index contributed by atoms with van der Waals surface area (Å²) in [7, 11) is 1.70. The molecule has 1 saturated carbocycles. The average Bonchev–Trinajstić information content (AvgIpc) is 3.22. The van der Waals surface area contributed by atoms with Crippen LogP contribution in [-0.4, -0.2) is 49.0 Å². The van der Waals surface area contributed by atoms with E-state index in [-0.39, 0.29) is 29.8 Å². The summed E-state index contributed by atoms with van der Waals surface area (Å²) in [5.74, 6) is 1.06. The van der Waals surface area contributed by atoms with Crippen LogP contribution < -0.4 is 15.4 Å². The second kappa shape index (κ2) is 9.92. The quantitative estimate of drug-likeness (QED) is 0.754. The molecule has 2 amide bonds. The molecule has 2 fully saturated rings. The van der Waals surface area contributed by atoms with Gasteiger partial charge in [0.1, 0.15) is 11.8 Å². The number of nitrogens with zero attached hydrogens (tertiary/aromatic N) is 1. The molecular formula is C22H33N3O3. The molecule has 1 heterocycles. The number of piperidine rings is 1. The van der Waals surface area contributed by atoms with Gasteiger partial charge in [0.15, 0.2) is 0 Å². The second-order valence-electron chi connectivity index (χ2n) is 8.09. The molecule has 2 aliphatic rings. The summed E-state index contributed by atoms with van der Waals surface area (Å²) in [5, 5.41) is 6.09. The van der Waals surface area contributed by atoms with Crippen molar-refractivity contribution in [2.45, 2.75) is 64.1 Å². The van der Waals surface area contributed by atoms with Gasteiger partial charge in [-0.15, -0.1) is 0 Å². The van der Waals surface area contributed by atoms with Gasteiger partial charge in [-0.05, 0) is 37.7 Å². The Morgan fingerprint density at radius 3 is 2.46 bits per heavy atom. The van der Waals surface area contributed by atoms with E-state index in [2.05, 4.69) is 21.6 Å². The van der Waals surface area contributed by atoms with Gasteiger partial charge in [-0.3, -0.25) is 14.5 Å². The van der Waals surface area contributed by atoms with Crippen molar-refractivity contribution in [1.82, 2.24) is 15.5 Å². The van der Waals surface area contributed by atoms with E-state index >= 15 is 0 Å². The molecule has 154 valence electrons. The maximum absolute atomic E-state index is 12.8. The highest BCUT2D eigenvalue weighted by atomic mass is 16.5. The van der Waals surface area contributed by atoms with E-state index in [9.17, 15) is 9.59 Å². The number of nitrogens with one attached hydrogen (secondary N) is 2. The van der Waals surface area contributed by atoms with Crippen molar-refractivity contribution >= 4 is 11.8 Å². The van der Waals surface area contributed by atoms with Gasteiger partial charge in [0.2, 0.25) is 11.8 Å². The number of carbonyl (C=O) groups excluding carboxylic acids is 2. The number of hydrogen-bond donors (Lipinski definition) is 2. The van der Waals surface area contributed by atoms with Crippen molar-refractivity contribution in [2.24, 2.45) is 5.92 Å². The summed E-state index contributed by atoms with van der Waals surface area (Å²) in [6, 6.07) is 7.92. The fraction of sp³-hybridized carbons (Fsp3) is 0.636. The SMILES string of the molecule is COc1ccccc1CN1CCC(NC(=O)C(NC(C)=O)C2CCCC2)CC1. The number of carbonyl (C=O) groups is 2. The number of ether oxygens (including phenoxy) is 1. The average molecular weight is 388 g/mol. The van der Waals surface area contributed by atoms with Gasteiger partial charge in [0, 0.05) is 38.2 Å². The normalized spacial score (nSPS) is 19.9. The lowest BCUT2D eigenvalue weighted by atomic mass is 9.96. The first-order chi connectivity index (χ1) is 13.6. The van der Waals surface area contributed by atoms with Crippen LogP contribution in [0.25, 0.3) is 0 Å². The number of para-hydroxylation sites is 1. The van der Waals surface area contributed by atoms with E-state index < -0.39 is 0 Å². The minimum absolute atomic E-state index is 0.00900. The number of amides is 2. The van der Waals surface area contributed by atoms with Crippen LogP contribution in [0.3, 0.4) is 0 Å². The summed E-state index contributed by atoms with van der Waals surface area (Å²) in [6.07, 6.45) is 6.20. The third-order valence-electron chi connectivity index (χ3n) is 6.03. The predicted octanol–water partition coefficient (Wildman–Crippen LogP) is 2.47. The minimum Gasteiger partial charge on any atom is -0.496 e. The standard InChI is InChI=1S/C22H33N3O3/c1-16(26)23-21(17-7-3-4-8-17)22(27)24-19-11-13-25(14-12-19)15-18-9-5-6-10-20(18)28-2/h5-6,9-10,17,19,21H,3-4,7-8,11-15H2,1-2H3,(H,23,26)(H,24,27). The zero-order valence-corrected chi connectivity index (χ0v) is 17.1. The summed E-state index contributed by atoms with van der Waals surface area (Å²) in [5.41, 5.74) is 1.19. The maximum atomic E-state index is 12.8. The molecular weight excluding hydrogens is 354 g/mol. The number of likely N-dealkylation sites (tertiary alicyclic amines) is 1. The summed E-state index contributed by atoms with van der Waals surface area (Å²) in [4.78, 5) is 26.8. The van der Waals surface area contributed by atoms with E-state index in [1.54, 1.807) is 7.11 Å². The smallest absolute Gasteiger partial charge is 0.243 e. The highest BCUT2D eigenvalue weighted by Crippen LogP contribution is 2.28. The first kappa shape index (κ1) is 20.6. The molecule has 1 atom stereocenters. The van der Waals surface area contributed by atoms with E-state index in [0.717, 1.165) is 63.9 Å². The maximum Gasteiger partial charge on any atom is 0.243 e. The molecule has 0 bridgehead atoms. The van der Waals surface area contributed by atoms with Crippen LogP contribution in [-0.2, 0) is 16.1 Å². The zero-order valence-electron chi connectivity index (χ0n) is 17.1. The summed E-state index contributed by atoms with van der Waals surface area (Å²) < 4.78 is 5.45. The van der Waals surface area contributed by atoms with Crippen LogP contribution >= 0.6 is 0 Å². The van der Waals surface area contributed by atoms with Gasteiger partial charge >= 0.3 is 0 Å². The van der Waals surface area contributed by atoms with Crippen LogP contribution in [0, 0.1) is 5.92 Å². The van der Waals surface area contributed by atoms with Crippen molar-refractivity contribution in [3.63, 3.8) is 0 Å². The number of rotatable bonds is 7. The fourth-order valence-electron chi connectivity index (χ4n) is 4.51. The lowest BCUT2D eigenvalue weighted by Gasteiger charge is -2.34. The number of benzene rings is 1. The molecule has 1 aromatic rings. The molecule has 6 nitrogen and oxygen atoms in total. The van der Waals surface area contributed by atoms with E-state index in [4.69, 9.17) is 4.74 Å². The molecule has 0 spiro atoms. The molecule has 1 unspecified atom stereocenters. The molecule has 1 aromatic carbocycles. The van der Waals surface area contributed by atoms with Gasteiger partial charge in [-0.2, -0.15) is 0 Å². The van der Waals surface area contributed by atoms with E-state index in [1.165, 1.54) is 12.5 Å². The van der Waals surface area contributed by atoms with Gasteiger partial charge in [-0.25, -0.2) is 0 Å². The fourth-order valence-corrected chi connectivity index (χ4v) is 4.51. The highest BCUT2D eigenvalue weighted by Gasteiger charge is 2.33. The van der Waals surface area contributed by atoms with Crippen molar-refractivity contribution < 1.29 is 14.3 Å². The molecule has 3 rings (SSSR count). The van der Waals surface area contributed by atoms with Crippen LogP contribution in [0.1, 0.15) is 51.0 Å². The summed E-state index contributed by atoms with van der Waals surface area (Å²) in [6.45, 7) is 4.24. The molecule has 1 aliphatic carbocycles. The van der Waals surface area contributed by atoms with Crippen LogP contribution in [0.2, 0.25) is 0 Å². The van der Waals surface area contributed by atoms with Crippen LogP contribution in [0.5, 0.6) is 5.75 Å². The van der Waals surface area contributed by atoms with Crippen molar-refractivity contribution in [1.29, 1.82) is 0 Å². The lowest BCUT2D eigenvalue weighted by Crippen LogP contribution is -2.54. The Morgan fingerprint density at radius 1 is 1.14 bits per heavy atom. The van der Waals surface area contributed by atoms with Crippen molar-refractivity contribution in [3.8, 4) is 5.75 Å². The number of hydrogen-bond acceptors (Lipinski definition) is 4. The Morgan fingerprint density at radius 2 is 1.82 bits per heavy atom. The predicted molar refractivity (Wildman–Crippen MR) is 109 cm³/mol. The number of methoxy groups -OCH3 is 1. The first-order valence-corrected chi connectivity index (χ1v) is 10.5. The van der Waals surface area contributed by atoms with Crippen molar-refractivity contribution in [3.05, 3.63) is 29.8 Å². The highest BCUT2D eigenvalue weighted by molar-refractivity contribution is 5.87. The Bertz CT molecular complexity index is 665. The Balaban J connectivity index is 1.50. The third-order valence-corrected chi connectivity index (χ3v) is 6.03. The molecule has 1 aliphatic heterocycles. The molecule has 6 heteroatoms. The molecule has 0 aromatic heterocycles. The second-order valence-corrected chi connectivity index (χ2v) is 8.09. The van der Waals surface area contributed by atoms with Gasteiger partial charge < -0.3 is 15.4 Å². The summed E-state index contributed by atoms with van der Waals surface area (Å²) >= 11 is 0. The molecule has 1 saturated heterocycles. The molecule has 2 N–H and O–H groups in total. The monoisotopic (exact) mass is 387 g/mol. The van der Waals surface area contributed by atoms with Gasteiger partial charge in [-0.1, -0.05) is 31.0 Å². The third kappa shape index (κ3) is 5.47. The zero-order chi connectivity index (χ0) is 19.9.